The Labute approximate surface area is 148 Å². The highest BCUT2D eigenvalue weighted by molar-refractivity contribution is 5.78. The molecule has 138 valence electrons. The van der Waals surface area contributed by atoms with Gasteiger partial charge in [0, 0.05) is 19.2 Å². The van der Waals surface area contributed by atoms with E-state index in [2.05, 4.69) is 0 Å². The number of nitriles is 1. The number of hydrogen-bond donors (Lipinski definition) is 0. The summed E-state index contributed by atoms with van der Waals surface area (Å²) in [6.07, 6.45) is 2.16. The van der Waals surface area contributed by atoms with Crippen molar-refractivity contribution in [3.05, 3.63) is 38.3 Å². The molecule has 0 aliphatic carbocycles. The smallest absolute Gasteiger partial charge is 0.310 e. The van der Waals surface area contributed by atoms with Gasteiger partial charge in [-0.15, -0.1) is 0 Å². The lowest BCUT2D eigenvalue weighted by Gasteiger charge is -2.31. The minimum Gasteiger partial charge on any atom is -0.466 e. The monoisotopic (exact) mass is 362 g/mol. The minimum atomic E-state index is -0.773. The Morgan fingerprint density at radius 1 is 1.50 bits per heavy atom. The van der Waals surface area contributed by atoms with Crippen molar-refractivity contribution in [1.82, 2.24) is 9.47 Å². The molecule has 1 atom stereocenters. The Morgan fingerprint density at radius 2 is 2.23 bits per heavy atom. The van der Waals surface area contributed by atoms with Gasteiger partial charge in [-0.05, 0) is 19.8 Å². The predicted molar refractivity (Wildman–Crippen MR) is 88.0 cm³/mol. The molecule has 2 rings (SSSR count). The van der Waals surface area contributed by atoms with Crippen molar-refractivity contribution >= 4 is 17.6 Å². The van der Waals surface area contributed by atoms with Crippen molar-refractivity contribution in [2.75, 3.05) is 19.7 Å². The van der Waals surface area contributed by atoms with E-state index in [4.69, 9.17) is 10.00 Å². The summed E-state index contributed by atoms with van der Waals surface area (Å²) in [5.41, 5.74) is -1.63. The maximum absolute atomic E-state index is 12.5. The van der Waals surface area contributed by atoms with Crippen molar-refractivity contribution in [2.45, 2.75) is 26.3 Å². The number of ether oxygens (including phenoxy) is 1. The van der Waals surface area contributed by atoms with Crippen LogP contribution in [0.4, 0.5) is 5.69 Å². The van der Waals surface area contributed by atoms with Gasteiger partial charge < -0.3 is 9.64 Å². The molecule has 0 N–H and O–H groups in total. The molecule has 26 heavy (non-hydrogen) atoms. The lowest BCUT2D eigenvalue weighted by molar-refractivity contribution is -0.385. The topological polar surface area (TPSA) is 136 Å². The first-order chi connectivity index (χ1) is 12.4. The molecule has 0 aromatic carbocycles. The van der Waals surface area contributed by atoms with Crippen LogP contribution < -0.4 is 5.56 Å². The number of pyridine rings is 1. The summed E-state index contributed by atoms with van der Waals surface area (Å²) >= 11 is 0. The number of hydrogen-bond acceptors (Lipinski definition) is 7. The molecule has 0 saturated carbocycles. The van der Waals surface area contributed by atoms with E-state index in [1.807, 2.05) is 0 Å². The Hall–Kier alpha value is -3.22. The molecular formula is C16H18N4O6. The van der Waals surface area contributed by atoms with E-state index < -0.39 is 40.1 Å². The van der Waals surface area contributed by atoms with Gasteiger partial charge in [-0.1, -0.05) is 0 Å². The molecule has 1 amide bonds. The van der Waals surface area contributed by atoms with Crippen LogP contribution in [-0.2, 0) is 20.9 Å². The van der Waals surface area contributed by atoms with Gasteiger partial charge in [-0.25, -0.2) is 0 Å². The van der Waals surface area contributed by atoms with Crippen LogP contribution in [0.5, 0.6) is 0 Å². The fraction of sp³-hybridized carbons (Fsp3) is 0.500. The van der Waals surface area contributed by atoms with E-state index in [9.17, 15) is 24.5 Å². The van der Waals surface area contributed by atoms with Crippen LogP contribution >= 0.6 is 0 Å². The molecule has 1 aliphatic rings. The van der Waals surface area contributed by atoms with E-state index in [0.717, 1.165) is 16.8 Å². The molecule has 10 nitrogen and oxygen atoms in total. The molecule has 1 aromatic heterocycles. The van der Waals surface area contributed by atoms with E-state index >= 15 is 0 Å². The maximum atomic E-state index is 12.5. The number of carbonyl (C=O) groups excluding carboxylic acids is 2. The third-order valence-electron chi connectivity index (χ3n) is 4.10. The van der Waals surface area contributed by atoms with Crippen LogP contribution in [0, 0.1) is 27.4 Å². The van der Waals surface area contributed by atoms with Crippen LogP contribution in [0.3, 0.4) is 0 Å². The van der Waals surface area contributed by atoms with Gasteiger partial charge in [0.15, 0.2) is 0 Å². The average Bonchev–Trinajstić information content (AvgIpc) is 2.63. The van der Waals surface area contributed by atoms with Crippen molar-refractivity contribution in [3.8, 4) is 6.07 Å². The van der Waals surface area contributed by atoms with Crippen LogP contribution in [0.25, 0.3) is 0 Å². The minimum absolute atomic E-state index is 0.173. The van der Waals surface area contributed by atoms with Gasteiger partial charge >= 0.3 is 5.97 Å². The molecule has 1 unspecified atom stereocenters. The fourth-order valence-electron chi connectivity index (χ4n) is 2.82. The molecule has 0 spiro atoms. The number of likely N-dealkylation sites (tertiary alicyclic amines) is 1. The number of nitro groups is 1. The number of carbonyl (C=O) groups is 2. The normalized spacial score (nSPS) is 16.6. The third-order valence-corrected chi connectivity index (χ3v) is 4.10. The summed E-state index contributed by atoms with van der Waals surface area (Å²) in [4.78, 5) is 48.1. The number of piperidine rings is 1. The molecule has 0 bridgehead atoms. The number of rotatable bonds is 5. The van der Waals surface area contributed by atoms with E-state index in [0.29, 0.717) is 19.4 Å². The van der Waals surface area contributed by atoms with E-state index in [1.54, 1.807) is 13.0 Å². The first kappa shape index (κ1) is 19.1. The lowest BCUT2D eigenvalue weighted by Crippen LogP contribution is -2.45. The maximum Gasteiger partial charge on any atom is 0.310 e. The Bertz CT molecular complexity index is 825. The molecule has 10 heteroatoms. The van der Waals surface area contributed by atoms with Crippen molar-refractivity contribution in [2.24, 2.45) is 5.92 Å². The van der Waals surface area contributed by atoms with E-state index in [1.165, 1.54) is 4.90 Å². The predicted octanol–water partition coefficient (Wildman–Crippen LogP) is 0.430. The molecule has 2 heterocycles. The highest BCUT2D eigenvalue weighted by Gasteiger charge is 2.29. The summed E-state index contributed by atoms with van der Waals surface area (Å²) in [7, 11) is 0. The van der Waals surface area contributed by atoms with Gasteiger partial charge in [-0.3, -0.25) is 29.1 Å². The van der Waals surface area contributed by atoms with Crippen LogP contribution in [-0.4, -0.2) is 46.0 Å². The Balaban J connectivity index is 2.18. The Kier molecular flexibility index (Phi) is 6.06. The zero-order chi connectivity index (χ0) is 19.3. The zero-order valence-corrected chi connectivity index (χ0v) is 14.2. The third kappa shape index (κ3) is 4.24. The average molecular weight is 362 g/mol. The Morgan fingerprint density at radius 3 is 2.85 bits per heavy atom. The zero-order valence-electron chi connectivity index (χ0n) is 14.2. The summed E-state index contributed by atoms with van der Waals surface area (Å²) in [5.74, 6) is -1.25. The molecular weight excluding hydrogens is 344 g/mol. The summed E-state index contributed by atoms with van der Waals surface area (Å²) in [6.45, 7) is 2.11. The van der Waals surface area contributed by atoms with Gasteiger partial charge in [0.1, 0.15) is 18.2 Å². The number of nitrogens with zero attached hydrogens (tertiary/aromatic N) is 4. The number of amides is 1. The number of esters is 1. The van der Waals surface area contributed by atoms with Gasteiger partial charge in [0.25, 0.3) is 11.2 Å². The van der Waals surface area contributed by atoms with Crippen LogP contribution in [0.15, 0.2) is 17.1 Å². The van der Waals surface area contributed by atoms with Gasteiger partial charge in [0.05, 0.1) is 23.6 Å². The first-order valence-corrected chi connectivity index (χ1v) is 8.10. The molecule has 0 radical (unpaired) electrons. The quantitative estimate of drug-likeness (QED) is 0.421. The second-order valence-corrected chi connectivity index (χ2v) is 5.84. The highest BCUT2D eigenvalue weighted by Crippen LogP contribution is 2.18. The van der Waals surface area contributed by atoms with Crippen LogP contribution in [0.1, 0.15) is 25.3 Å². The number of aromatic nitrogens is 1. The fourth-order valence-corrected chi connectivity index (χ4v) is 2.82. The molecule has 1 saturated heterocycles. The first-order valence-electron chi connectivity index (χ1n) is 8.10. The summed E-state index contributed by atoms with van der Waals surface area (Å²) < 4.78 is 5.83. The van der Waals surface area contributed by atoms with Crippen LogP contribution in [0.2, 0.25) is 0 Å². The highest BCUT2D eigenvalue weighted by atomic mass is 16.6. The van der Waals surface area contributed by atoms with Crippen molar-refractivity contribution in [1.29, 1.82) is 5.26 Å². The molecule has 1 fully saturated rings. The van der Waals surface area contributed by atoms with Gasteiger partial charge in [-0.2, -0.15) is 5.26 Å². The van der Waals surface area contributed by atoms with Gasteiger partial charge in [0.2, 0.25) is 5.91 Å². The second kappa shape index (κ2) is 8.24. The summed E-state index contributed by atoms with van der Waals surface area (Å²) in [5, 5.41) is 19.9. The SMILES string of the molecule is CCOC(=O)C1CCCN(C(=O)Cn2cc([N+](=O)[O-])cc(C#N)c2=O)C1. The van der Waals surface area contributed by atoms with E-state index in [-0.39, 0.29) is 19.1 Å². The molecule has 1 aromatic rings. The summed E-state index contributed by atoms with van der Waals surface area (Å²) in [6, 6.07) is 2.47. The van der Waals surface area contributed by atoms with Crippen molar-refractivity contribution in [3.63, 3.8) is 0 Å². The molecule has 1 aliphatic heterocycles. The largest absolute Gasteiger partial charge is 0.466 e. The second-order valence-electron chi connectivity index (χ2n) is 5.84. The van der Waals surface area contributed by atoms with Crippen molar-refractivity contribution < 1.29 is 19.2 Å². The lowest BCUT2D eigenvalue weighted by atomic mass is 9.98. The standard InChI is InChI=1S/C16H18N4O6/c1-2-26-16(23)11-4-3-5-18(8-11)14(21)10-19-9-13(20(24)25)6-12(7-17)15(19)22/h6,9,11H,2-5,8,10H2,1H3.